The van der Waals surface area contributed by atoms with Gasteiger partial charge in [-0.15, -0.1) is 0 Å². The second-order valence-corrected chi connectivity index (χ2v) is 5.49. The first-order valence-corrected chi connectivity index (χ1v) is 6.17. The maximum absolute atomic E-state index is 12.9. The zero-order valence-corrected chi connectivity index (χ0v) is 12.1. The summed E-state index contributed by atoms with van der Waals surface area (Å²) in [5, 5.41) is 10.9. The summed E-state index contributed by atoms with van der Waals surface area (Å²) in [5.74, 6) is -2.45. The van der Waals surface area contributed by atoms with Gasteiger partial charge in [0.1, 0.15) is 5.54 Å². The van der Waals surface area contributed by atoms with Crippen molar-refractivity contribution in [3.8, 4) is 0 Å². The average molecular weight is 354 g/mol. The number of halogens is 4. The molecule has 0 bridgehead atoms. The lowest BCUT2D eigenvalue weighted by Gasteiger charge is -2.22. The molecule has 0 saturated heterocycles. The van der Waals surface area contributed by atoms with Crippen molar-refractivity contribution in [1.82, 2.24) is 5.32 Å². The molecule has 0 aliphatic heterocycles. The molecule has 0 atom stereocenters. The van der Waals surface area contributed by atoms with Crippen LogP contribution in [0, 0.1) is 0 Å². The van der Waals surface area contributed by atoms with E-state index in [4.69, 9.17) is 5.11 Å². The maximum atomic E-state index is 12.9. The van der Waals surface area contributed by atoms with E-state index >= 15 is 0 Å². The van der Waals surface area contributed by atoms with Gasteiger partial charge >= 0.3 is 12.1 Å². The van der Waals surface area contributed by atoms with Crippen LogP contribution in [-0.2, 0) is 11.0 Å². The van der Waals surface area contributed by atoms with E-state index in [0.29, 0.717) is 0 Å². The molecule has 0 spiro atoms. The van der Waals surface area contributed by atoms with Gasteiger partial charge in [0, 0.05) is 4.47 Å². The molecule has 0 radical (unpaired) electrons. The first-order valence-electron chi connectivity index (χ1n) is 5.38. The van der Waals surface area contributed by atoms with Gasteiger partial charge in [-0.05, 0) is 32.0 Å². The highest BCUT2D eigenvalue weighted by Gasteiger charge is 2.37. The highest BCUT2D eigenvalue weighted by atomic mass is 79.9. The van der Waals surface area contributed by atoms with Crippen molar-refractivity contribution < 1.29 is 27.9 Å². The standard InChI is InChI=1S/C12H11BrF3NO3/c1-11(2,10(19)20)17-9(18)7-4-3-6(13)5-8(7)12(14,15)16/h3-5H,1-2H3,(H,17,18)(H,19,20). The summed E-state index contributed by atoms with van der Waals surface area (Å²) in [4.78, 5) is 22.7. The lowest BCUT2D eigenvalue weighted by molar-refractivity contribution is -0.143. The number of carbonyl (C=O) groups excluding carboxylic acids is 1. The van der Waals surface area contributed by atoms with Gasteiger partial charge < -0.3 is 10.4 Å². The number of hydrogen-bond donors (Lipinski definition) is 2. The van der Waals surface area contributed by atoms with Crippen LogP contribution in [0.2, 0.25) is 0 Å². The molecule has 20 heavy (non-hydrogen) atoms. The van der Waals surface area contributed by atoms with Crippen LogP contribution in [0.5, 0.6) is 0 Å². The Bertz CT molecular complexity index is 555. The van der Waals surface area contributed by atoms with E-state index in [0.717, 1.165) is 12.1 Å². The molecule has 0 heterocycles. The number of carboxylic acid groups (broad SMARTS) is 1. The van der Waals surface area contributed by atoms with Crippen LogP contribution >= 0.6 is 15.9 Å². The second-order valence-electron chi connectivity index (χ2n) is 4.57. The topological polar surface area (TPSA) is 66.4 Å². The zero-order valence-electron chi connectivity index (χ0n) is 10.5. The molecule has 4 nitrogen and oxygen atoms in total. The Kier molecular flexibility index (Phi) is 4.48. The van der Waals surface area contributed by atoms with E-state index in [-0.39, 0.29) is 4.47 Å². The van der Waals surface area contributed by atoms with E-state index in [2.05, 4.69) is 21.2 Å². The van der Waals surface area contributed by atoms with Crippen molar-refractivity contribution in [1.29, 1.82) is 0 Å². The number of hydrogen-bond acceptors (Lipinski definition) is 2. The number of aliphatic carboxylic acids is 1. The van der Waals surface area contributed by atoms with Gasteiger partial charge in [-0.25, -0.2) is 4.79 Å². The summed E-state index contributed by atoms with van der Waals surface area (Å²) in [6.45, 7) is 2.36. The minimum absolute atomic E-state index is 0.166. The lowest BCUT2D eigenvalue weighted by Crippen LogP contribution is -2.50. The molecule has 0 aliphatic carbocycles. The number of carbonyl (C=O) groups is 2. The number of rotatable bonds is 3. The first kappa shape index (κ1) is 16.5. The van der Waals surface area contributed by atoms with Crippen LogP contribution in [0.4, 0.5) is 13.2 Å². The van der Waals surface area contributed by atoms with Crippen LogP contribution in [0.25, 0.3) is 0 Å². The Morgan fingerprint density at radius 1 is 1.25 bits per heavy atom. The summed E-state index contributed by atoms with van der Waals surface area (Å²) < 4.78 is 38.8. The number of nitrogens with one attached hydrogen (secondary N) is 1. The molecule has 0 fully saturated rings. The number of amides is 1. The van der Waals surface area contributed by atoms with Crippen molar-refractivity contribution in [2.45, 2.75) is 25.6 Å². The predicted molar refractivity (Wildman–Crippen MR) is 68.3 cm³/mol. The smallest absolute Gasteiger partial charge is 0.417 e. The van der Waals surface area contributed by atoms with Crippen LogP contribution in [-0.4, -0.2) is 22.5 Å². The van der Waals surface area contributed by atoms with Crippen LogP contribution in [0.1, 0.15) is 29.8 Å². The fourth-order valence-electron chi connectivity index (χ4n) is 1.35. The van der Waals surface area contributed by atoms with E-state index in [1.54, 1.807) is 0 Å². The van der Waals surface area contributed by atoms with Gasteiger partial charge in [0.25, 0.3) is 5.91 Å². The molecule has 0 aliphatic rings. The summed E-state index contributed by atoms with van der Waals surface area (Å²) in [5.41, 5.74) is -3.44. The van der Waals surface area contributed by atoms with Crippen molar-refractivity contribution in [2.24, 2.45) is 0 Å². The Morgan fingerprint density at radius 2 is 1.80 bits per heavy atom. The summed E-state index contributed by atoms with van der Waals surface area (Å²) >= 11 is 2.90. The van der Waals surface area contributed by atoms with Crippen molar-refractivity contribution in [3.05, 3.63) is 33.8 Å². The van der Waals surface area contributed by atoms with E-state index < -0.39 is 34.7 Å². The van der Waals surface area contributed by atoms with Gasteiger partial charge in [-0.2, -0.15) is 13.2 Å². The third-order valence-corrected chi connectivity index (χ3v) is 2.99. The van der Waals surface area contributed by atoms with Crippen molar-refractivity contribution in [3.63, 3.8) is 0 Å². The Balaban J connectivity index is 3.21. The van der Waals surface area contributed by atoms with Crippen LogP contribution in [0.3, 0.4) is 0 Å². The van der Waals surface area contributed by atoms with Crippen LogP contribution < -0.4 is 5.32 Å². The van der Waals surface area contributed by atoms with Crippen LogP contribution in [0.15, 0.2) is 22.7 Å². The fourth-order valence-corrected chi connectivity index (χ4v) is 1.71. The molecule has 0 saturated carbocycles. The van der Waals surface area contributed by atoms with Gasteiger partial charge in [-0.1, -0.05) is 15.9 Å². The van der Waals surface area contributed by atoms with E-state index in [9.17, 15) is 22.8 Å². The SMILES string of the molecule is CC(C)(NC(=O)c1ccc(Br)cc1C(F)(F)F)C(=O)O. The Hall–Kier alpha value is -1.57. The maximum Gasteiger partial charge on any atom is 0.417 e. The first-order chi connectivity index (χ1) is 8.95. The van der Waals surface area contributed by atoms with Gasteiger partial charge in [-0.3, -0.25) is 4.79 Å². The molecule has 1 rings (SSSR count). The monoisotopic (exact) mass is 353 g/mol. The molecular weight excluding hydrogens is 343 g/mol. The molecular formula is C12H11BrF3NO3. The highest BCUT2D eigenvalue weighted by Crippen LogP contribution is 2.34. The molecule has 110 valence electrons. The third-order valence-electron chi connectivity index (χ3n) is 2.49. The van der Waals surface area contributed by atoms with E-state index in [1.807, 2.05) is 0 Å². The minimum Gasteiger partial charge on any atom is -0.480 e. The van der Waals surface area contributed by atoms with Gasteiger partial charge in [0.05, 0.1) is 11.1 Å². The second kappa shape index (κ2) is 5.43. The lowest BCUT2D eigenvalue weighted by atomic mass is 10.0. The largest absolute Gasteiger partial charge is 0.480 e. The third kappa shape index (κ3) is 3.72. The molecule has 0 unspecified atom stereocenters. The molecule has 0 aromatic heterocycles. The summed E-state index contributed by atoms with van der Waals surface area (Å²) in [6, 6.07) is 3.03. The fraction of sp³-hybridized carbons (Fsp3) is 0.333. The molecule has 1 aromatic rings. The predicted octanol–water partition coefficient (Wildman–Crippen LogP) is 3.06. The molecule has 8 heteroatoms. The summed E-state index contributed by atoms with van der Waals surface area (Å²) in [6.07, 6.45) is -4.72. The molecule has 1 aromatic carbocycles. The highest BCUT2D eigenvalue weighted by molar-refractivity contribution is 9.10. The quantitative estimate of drug-likeness (QED) is 0.877. The Labute approximate surface area is 121 Å². The van der Waals surface area contributed by atoms with Crippen molar-refractivity contribution in [2.75, 3.05) is 0 Å². The normalized spacial score (nSPS) is 12.1. The number of alkyl halides is 3. The van der Waals surface area contributed by atoms with Gasteiger partial charge in [0.15, 0.2) is 0 Å². The zero-order chi connectivity index (χ0) is 15.7. The Morgan fingerprint density at radius 3 is 2.25 bits per heavy atom. The molecule has 1 amide bonds. The summed E-state index contributed by atoms with van der Waals surface area (Å²) in [7, 11) is 0. The number of carboxylic acids is 1. The molecule has 2 N–H and O–H groups in total. The van der Waals surface area contributed by atoms with E-state index in [1.165, 1.54) is 19.9 Å². The van der Waals surface area contributed by atoms with Crippen molar-refractivity contribution >= 4 is 27.8 Å². The number of benzene rings is 1. The average Bonchev–Trinajstić information content (AvgIpc) is 2.26. The minimum atomic E-state index is -4.72. The van der Waals surface area contributed by atoms with Gasteiger partial charge in [0.2, 0.25) is 0 Å².